The van der Waals surface area contributed by atoms with E-state index in [9.17, 15) is 13.2 Å². The summed E-state index contributed by atoms with van der Waals surface area (Å²) in [5, 5.41) is 0. The van der Waals surface area contributed by atoms with E-state index in [0.29, 0.717) is 18.7 Å². The van der Waals surface area contributed by atoms with Crippen molar-refractivity contribution in [2.24, 2.45) is 5.73 Å². The molecule has 2 N–H and O–H groups in total. The van der Waals surface area contributed by atoms with Crippen molar-refractivity contribution in [2.75, 3.05) is 13.1 Å². The van der Waals surface area contributed by atoms with Gasteiger partial charge in [-0.3, -0.25) is 4.90 Å². The number of hydrogen-bond acceptors (Lipinski definition) is 2. The molecule has 2 rings (SSSR count). The van der Waals surface area contributed by atoms with Crippen molar-refractivity contribution in [3.05, 3.63) is 35.4 Å². The molecule has 0 spiro atoms. The van der Waals surface area contributed by atoms with Crippen LogP contribution in [-0.2, 0) is 12.7 Å². The summed E-state index contributed by atoms with van der Waals surface area (Å²) in [7, 11) is 0. The third kappa shape index (κ3) is 2.98. The van der Waals surface area contributed by atoms with E-state index in [1.54, 1.807) is 6.07 Å². The van der Waals surface area contributed by atoms with Crippen LogP contribution < -0.4 is 5.73 Å². The fourth-order valence-electron chi connectivity index (χ4n) is 2.18. The summed E-state index contributed by atoms with van der Waals surface area (Å²) in [5.41, 5.74) is 5.53. The predicted octanol–water partition coefficient (Wildman–Crippen LogP) is 2.24. The molecule has 1 atom stereocenters. The number of halogens is 3. The fraction of sp³-hybridized carbons (Fsp3) is 0.500. The number of alkyl halides is 3. The molecular formula is C12H15F3N2. The van der Waals surface area contributed by atoms with Gasteiger partial charge in [0.15, 0.2) is 0 Å². The van der Waals surface area contributed by atoms with Crippen LogP contribution in [0.3, 0.4) is 0 Å². The summed E-state index contributed by atoms with van der Waals surface area (Å²) in [6.07, 6.45) is -3.42. The van der Waals surface area contributed by atoms with Crippen LogP contribution in [-0.4, -0.2) is 24.0 Å². The number of likely N-dealkylation sites (tertiary alicyclic amines) is 1. The van der Waals surface area contributed by atoms with Crippen LogP contribution in [0.2, 0.25) is 0 Å². The van der Waals surface area contributed by atoms with Crippen LogP contribution in [0.4, 0.5) is 13.2 Å². The van der Waals surface area contributed by atoms with Gasteiger partial charge < -0.3 is 5.73 Å². The van der Waals surface area contributed by atoms with Gasteiger partial charge in [0.25, 0.3) is 0 Å². The first-order valence-electron chi connectivity index (χ1n) is 5.60. The molecule has 17 heavy (non-hydrogen) atoms. The van der Waals surface area contributed by atoms with Crippen LogP contribution >= 0.6 is 0 Å². The SMILES string of the molecule is NC1CCN(Cc2ccccc2C(F)(F)F)C1. The highest BCUT2D eigenvalue weighted by Gasteiger charge is 2.33. The molecule has 1 aliphatic heterocycles. The maximum absolute atomic E-state index is 12.8. The summed E-state index contributed by atoms with van der Waals surface area (Å²) in [6, 6.07) is 5.81. The highest BCUT2D eigenvalue weighted by molar-refractivity contribution is 5.29. The van der Waals surface area contributed by atoms with Crippen molar-refractivity contribution >= 4 is 0 Å². The van der Waals surface area contributed by atoms with Crippen LogP contribution in [0.25, 0.3) is 0 Å². The molecule has 1 aromatic carbocycles. The zero-order valence-electron chi connectivity index (χ0n) is 9.37. The standard InChI is InChI=1S/C12H15F3N2/c13-12(14,15)11-4-2-1-3-9(11)7-17-6-5-10(16)8-17/h1-4,10H,5-8,16H2. The van der Waals surface area contributed by atoms with E-state index < -0.39 is 11.7 Å². The van der Waals surface area contributed by atoms with Gasteiger partial charge in [0.1, 0.15) is 0 Å². The Hall–Kier alpha value is -1.07. The van der Waals surface area contributed by atoms with E-state index in [4.69, 9.17) is 5.73 Å². The smallest absolute Gasteiger partial charge is 0.326 e. The number of nitrogens with two attached hydrogens (primary N) is 1. The maximum atomic E-state index is 12.8. The van der Waals surface area contributed by atoms with E-state index in [0.717, 1.165) is 19.0 Å². The van der Waals surface area contributed by atoms with Crippen LogP contribution in [0.15, 0.2) is 24.3 Å². The molecule has 0 bridgehead atoms. The number of benzene rings is 1. The van der Waals surface area contributed by atoms with Gasteiger partial charge >= 0.3 is 6.18 Å². The van der Waals surface area contributed by atoms with Crippen molar-refractivity contribution in [3.63, 3.8) is 0 Å². The predicted molar refractivity (Wildman–Crippen MR) is 59.3 cm³/mol. The normalized spacial score (nSPS) is 22.0. The van der Waals surface area contributed by atoms with E-state index in [2.05, 4.69) is 0 Å². The number of nitrogens with zero attached hydrogens (tertiary/aromatic N) is 1. The lowest BCUT2D eigenvalue weighted by molar-refractivity contribution is -0.138. The lowest BCUT2D eigenvalue weighted by atomic mass is 10.1. The molecule has 0 saturated carbocycles. The first-order valence-corrected chi connectivity index (χ1v) is 5.60. The molecule has 1 fully saturated rings. The van der Waals surface area contributed by atoms with E-state index in [-0.39, 0.29) is 6.04 Å². The molecule has 0 radical (unpaired) electrons. The zero-order chi connectivity index (χ0) is 12.5. The average molecular weight is 244 g/mol. The molecule has 1 saturated heterocycles. The van der Waals surface area contributed by atoms with E-state index in [1.165, 1.54) is 12.1 Å². The van der Waals surface area contributed by atoms with Gasteiger partial charge in [0.05, 0.1) is 5.56 Å². The summed E-state index contributed by atoms with van der Waals surface area (Å²) in [6.45, 7) is 1.77. The van der Waals surface area contributed by atoms with Crippen molar-refractivity contribution in [1.82, 2.24) is 4.90 Å². The van der Waals surface area contributed by atoms with Crippen LogP contribution in [0.1, 0.15) is 17.5 Å². The molecule has 0 aliphatic carbocycles. The van der Waals surface area contributed by atoms with E-state index >= 15 is 0 Å². The lowest BCUT2D eigenvalue weighted by Gasteiger charge is -2.18. The minimum Gasteiger partial charge on any atom is -0.326 e. The molecule has 5 heteroatoms. The largest absolute Gasteiger partial charge is 0.416 e. The summed E-state index contributed by atoms with van der Waals surface area (Å²) < 4.78 is 38.3. The summed E-state index contributed by atoms with van der Waals surface area (Å²) in [5.74, 6) is 0. The number of rotatable bonds is 2. The van der Waals surface area contributed by atoms with Crippen LogP contribution in [0.5, 0.6) is 0 Å². The molecule has 1 aromatic rings. The molecular weight excluding hydrogens is 229 g/mol. The van der Waals surface area contributed by atoms with Crippen LogP contribution in [0, 0.1) is 0 Å². The topological polar surface area (TPSA) is 29.3 Å². The Morgan fingerprint density at radius 2 is 2.00 bits per heavy atom. The van der Waals surface area contributed by atoms with Gasteiger partial charge in [-0.05, 0) is 18.1 Å². The van der Waals surface area contributed by atoms with Gasteiger partial charge in [-0.2, -0.15) is 13.2 Å². The minimum absolute atomic E-state index is 0.0908. The Morgan fingerprint density at radius 1 is 1.29 bits per heavy atom. The Morgan fingerprint density at radius 3 is 2.59 bits per heavy atom. The van der Waals surface area contributed by atoms with Crippen molar-refractivity contribution < 1.29 is 13.2 Å². The molecule has 1 heterocycles. The number of hydrogen-bond donors (Lipinski definition) is 1. The summed E-state index contributed by atoms with van der Waals surface area (Å²) in [4.78, 5) is 1.97. The molecule has 0 aromatic heterocycles. The highest BCUT2D eigenvalue weighted by Crippen LogP contribution is 2.32. The second kappa shape index (κ2) is 4.66. The second-order valence-electron chi connectivity index (χ2n) is 4.44. The van der Waals surface area contributed by atoms with Gasteiger partial charge in [0, 0.05) is 25.7 Å². The third-order valence-electron chi connectivity index (χ3n) is 3.03. The van der Waals surface area contributed by atoms with Gasteiger partial charge in [0.2, 0.25) is 0 Å². The molecule has 1 unspecified atom stereocenters. The van der Waals surface area contributed by atoms with Crippen molar-refractivity contribution in [1.29, 1.82) is 0 Å². The molecule has 1 aliphatic rings. The minimum atomic E-state index is -4.28. The van der Waals surface area contributed by atoms with Gasteiger partial charge in [-0.15, -0.1) is 0 Å². The molecule has 0 amide bonds. The Labute approximate surface area is 98.2 Å². The van der Waals surface area contributed by atoms with Gasteiger partial charge in [-0.25, -0.2) is 0 Å². The molecule has 94 valence electrons. The second-order valence-corrected chi connectivity index (χ2v) is 4.44. The molecule has 2 nitrogen and oxygen atoms in total. The fourth-order valence-corrected chi connectivity index (χ4v) is 2.18. The monoisotopic (exact) mass is 244 g/mol. The van der Waals surface area contributed by atoms with Crippen molar-refractivity contribution in [3.8, 4) is 0 Å². The zero-order valence-corrected chi connectivity index (χ0v) is 9.37. The van der Waals surface area contributed by atoms with Gasteiger partial charge in [-0.1, -0.05) is 18.2 Å². The maximum Gasteiger partial charge on any atom is 0.416 e. The Bertz CT molecular complexity index is 390. The third-order valence-corrected chi connectivity index (χ3v) is 3.03. The highest BCUT2D eigenvalue weighted by atomic mass is 19.4. The average Bonchev–Trinajstić information content (AvgIpc) is 2.63. The van der Waals surface area contributed by atoms with Crippen molar-refractivity contribution in [2.45, 2.75) is 25.2 Å². The first kappa shape index (κ1) is 12.4. The summed E-state index contributed by atoms with van der Waals surface area (Å²) >= 11 is 0. The van der Waals surface area contributed by atoms with E-state index in [1.807, 2.05) is 4.90 Å². The quantitative estimate of drug-likeness (QED) is 0.864. The Kier molecular flexibility index (Phi) is 3.40. The Balaban J connectivity index is 2.15. The first-order chi connectivity index (χ1) is 7.97. The lowest BCUT2D eigenvalue weighted by Crippen LogP contribution is -2.27.